The molecule has 1 unspecified atom stereocenters. The standard InChI is InChI=1S/C4H10NO6P/c1-2-10-12(7,8)11-3-9-4(5)6/h2-3H2,1H3,(H2,5,6)(H,7,8)/p-1. The molecule has 0 bridgehead atoms. The van der Waals surface area contributed by atoms with E-state index in [0.717, 1.165) is 0 Å². The Labute approximate surface area is 69.0 Å². The van der Waals surface area contributed by atoms with Gasteiger partial charge < -0.3 is 19.9 Å². The van der Waals surface area contributed by atoms with Gasteiger partial charge in [0, 0.05) is 0 Å². The van der Waals surface area contributed by atoms with Crippen LogP contribution in [-0.4, -0.2) is 19.5 Å². The van der Waals surface area contributed by atoms with Gasteiger partial charge >= 0.3 is 6.09 Å². The number of primary amides is 1. The van der Waals surface area contributed by atoms with Crippen LogP contribution in [0, 0.1) is 0 Å². The van der Waals surface area contributed by atoms with Crippen LogP contribution >= 0.6 is 7.82 Å². The van der Waals surface area contributed by atoms with E-state index >= 15 is 0 Å². The van der Waals surface area contributed by atoms with E-state index in [1.165, 1.54) is 6.92 Å². The molecule has 0 aromatic carbocycles. The maximum Gasteiger partial charge on any atom is 0.406 e. The van der Waals surface area contributed by atoms with E-state index in [2.05, 4.69) is 19.5 Å². The summed E-state index contributed by atoms with van der Waals surface area (Å²) >= 11 is 0. The number of nitrogens with two attached hydrogens (primary N) is 1. The quantitative estimate of drug-likeness (QED) is 0.473. The zero-order chi connectivity index (χ0) is 9.61. The Balaban J connectivity index is 3.61. The van der Waals surface area contributed by atoms with Crippen molar-refractivity contribution in [2.45, 2.75) is 6.92 Å². The molecule has 0 radical (unpaired) electrons. The highest BCUT2D eigenvalue weighted by atomic mass is 31.2. The van der Waals surface area contributed by atoms with E-state index < -0.39 is 20.7 Å². The summed E-state index contributed by atoms with van der Waals surface area (Å²) in [5, 5.41) is 0. The third kappa shape index (κ3) is 6.11. The van der Waals surface area contributed by atoms with Crippen LogP contribution in [0.3, 0.4) is 0 Å². The molecule has 0 aliphatic rings. The number of hydrogen-bond acceptors (Lipinski definition) is 6. The molecule has 7 nitrogen and oxygen atoms in total. The molecule has 0 rings (SSSR count). The molecule has 0 aliphatic heterocycles. The lowest BCUT2D eigenvalue weighted by Crippen LogP contribution is -2.17. The lowest BCUT2D eigenvalue weighted by Gasteiger charge is -2.20. The Morgan fingerprint density at radius 2 is 2.17 bits per heavy atom. The monoisotopic (exact) mass is 198 g/mol. The summed E-state index contributed by atoms with van der Waals surface area (Å²) < 4.78 is 22.7. The molecule has 0 heterocycles. The fraction of sp³-hybridized carbons (Fsp3) is 0.750. The molecule has 1 atom stereocenters. The Bertz CT molecular complexity index is 194. The lowest BCUT2D eigenvalue weighted by molar-refractivity contribution is -0.230. The molecule has 8 heteroatoms. The Hall–Kier alpha value is -0.620. The van der Waals surface area contributed by atoms with Crippen LogP contribution in [0.15, 0.2) is 0 Å². The van der Waals surface area contributed by atoms with Crippen molar-refractivity contribution in [2.24, 2.45) is 5.73 Å². The average molecular weight is 198 g/mol. The highest BCUT2D eigenvalue weighted by Crippen LogP contribution is 2.37. The van der Waals surface area contributed by atoms with Crippen LogP contribution in [0.25, 0.3) is 0 Å². The number of carbonyl (C=O) groups excluding carboxylic acids is 1. The van der Waals surface area contributed by atoms with Crippen LogP contribution in [0.5, 0.6) is 0 Å². The molecule has 72 valence electrons. The Kier molecular flexibility index (Phi) is 4.84. The van der Waals surface area contributed by atoms with Crippen molar-refractivity contribution in [1.82, 2.24) is 0 Å². The van der Waals surface area contributed by atoms with E-state index in [4.69, 9.17) is 0 Å². The first-order chi connectivity index (χ1) is 5.48. The van der Waals surface area contributed by atoms with Gasteiger partial charge in [-0.3, -0.25) is 9.09 Å². The smallest absolute Gasteiger partial charge is 0.406 e. The first-order valence-corrected chi connectivity index (χ1v) is 4.46. The summed E-state index contributed by atoms with van der Waals surface area (Å²) in [6, 6.07) is 0. The van der Waals surface area contributed by atoms with Gasteiger partial charge in [0.1, 0.15) is 0 Å². The number of amides is 1. The van der Waals surface area contributed by atoms with Crippen molar-refractivity contribution in [3.63, 3.8) is 0 Å². The first-order valence-electron chi connectivity index (χ1n) is 3.00. The van der Waals surface area contributed by atoms with Gasteiger partial charge in [0.05, 0.1) is 6.61 Å². The molecule has 0 saturated carbocycles. The molecule has 0 saturated heterocycles. The summed E-state index contributed by atoms with van der Waals surface area (Å²) in [5.74, 6) is 0. The van der Waals surface area contributed by atoms with Crippen molar-refractivity contribution < 1.29 is 28.0 Å². The molecule has 1 amide bonds. The molecule has 0 aliphatic carbocycles. The number of hydrogen-bond donors (Lipinski definition) is 1. The van der Waals surface area contributed by atoms with Crippen LogP contribution in [0.1, 0.15) is 6.92 Å². The number of carbonyl (C=O) groups is 1. The van der Waals surface area contributed by atoms with Gasteiger partial charge in [-0.2, -0.15) is 0 Å². The number of phosphoric acid groups is 1. The zero-order valence-electron chi connectivity index (χ0n) is 6.39. The average Bonchev–Trinajstić information content (AvgIpc) is 1.85. The van der Waals surface area contributed by atoms with E-state index in [-0.39, 0.29) is 6.61 Å². The second kappa shape index (κ2) is 5.10. The highest BCUT2D eigenvalue weighted by Gasteiger charge is 2.07. The van der Waals surface area contributed by atoms with Crippen molar-refractivity contribution in [2.75, 3.05) is 13.4 Å². The summed E-state index contributed by atoms with van der Waals surface area (Å²) in [6.07, 6.45) is -1.12. The normalized spacial score (nSPS) is 15.2. The highest BCUT2D eigenvalue weighted by molar-refractivity contribution is 7.45. The minimum Gasteiger partial charge on any atom is -0.756 e. The second-order valence-electron chi connectivity index (χ2n) is 1.58. The summed E-state index contributed by atoms with van der Waals surface area (Å²) in [7, 11) is -4.33. The predicted molar refractivity (Wildman–Crippen MR) is 35.9 cm³/mol. The van der Waals surface area contributed by atoms with Crippen LogP contribution in [0.4, 0.5) is 4.79 Å². The van der Waals surface area contributed by atoms with Gasteiger partial charge in [0.2, 0.25) is 6.79 Å². The van der Waals surface area contributed by atoms with Crippen LogP contribution < -0.4 is 10.6 Å². The Morgan fingerprint density at radius 1 is 1.58 bits per heavy atom. The molecule has 0 spiro atoms. The molecule has 0 fully saturated rings. The van der Waals surface area contributed by atoms with Crippen molar-refractivity contribution >= 4 is 13.9 Å². The lowest BCUT2D eigenvalue weighted by atomic mass is 10.9. The van der Waals surface area contributed by atoms with Crippen molar-refractivity contribution in [3.05, 3.63) is 0 Å². The fourth-order valence-corrected chi connectivity index (χ4v) is 0.917. The van der Waals surface area contributed by atoms with E-state index in [1.54, 1.807) is 0 Å². The minimum atomic E-state index is -4.33. The molecule has 12 heavy (non-hydrogen) atoms. The third-order valence-corrected chi connectivity index (χ3v) is 1.70. The number of rotatable bonds is 5. The largest absolute Gasteiger partial charge is 0.756 e. The minimum absolute atomic E-state index is 0.0443. The van der Waals surface area contributed by atoms with Gasteiger partial charge in [-0.1, -0.05) is 0 Å². The molecular formula is C4H9NO6P-. The van der Waals surface area contributed by atoms with E-state index in [0.29, 0.717) is 0 Å². The van der Waals surface area contributed by atoms with Gasteiger partial charge in [0.25, 0.3) is 7.82 Å². The fourth-order valence-electron chi connectivity index (χ4n) is 0.344. The van der Waals surface area contributed by atoms with Gasteiger partial charge in [0.15, 0.2) is 0 Å². The summed E-state index contributed by atoms with van der Waals surface area (Å²) in [4.78, 5) is 20.5. The predicted octanol–water partition coefficient (Wildman–Crippen LogP) is -0.439. The maximum atomic E-state index is 10.6. The molecule has 2 N–H and O–H groups in total. The van der Waals surface area contributed by atoms with Gasteiger partial charge in [-0.25, -0.2) is 4.79 Å². The molecular weight excluding hydrogens is 189 g/mol. The third-order valence-electron chi connectivity index (χ3n) is 0.699. The van der Waals surface area contributed by atoms with E-state index in [9.17, 15) is 14.3 Å². The number of phosphoric ester groups is 1. The maximum absolute atomic E-state index is 10.6. The summed E-state index contributed by atoms with van der Waals surface area (Å²) in [5.41, 5.74) is 4.52. The van der Waals surface area contributed by atoms with Crippen molar-refractivity contribution in [3.8, 4) is 0 Å². The molecule has 0 aromatic heterocycles. The van der Waals surface area contributed by atoms with Crippen molar-refractivity contribution in [1.29, 1.82) is 0 Å². The van der Waals surface area contributed by atoms with Gasteiger partial charge in [-0.15, -0.1) is 0 Å². The van der Waals surface area contributed by atoms with Gasteiger partial charge in [-0.05, 0) is 6.92 Å². The summed E-state index contributed by atoms with van der Waals surface area (Å²) in [6.45, 7) is 0.663. The molecule has 0 aromatic rings. The second-order valence-corrected chi connectivity index (χ2v) is 2.99. The zero-order valence-corrected chi connectivity index (χ0v) is 7.28. The van der Waals surface area contributed by atoms with Crippen LogP contribution in [-0.2, 0) is 18.3 Å². The Morgan fingerprint density at radius 3 is 2.58 bits per heavy atom. The first kappa shape index (κ1) is 11.4. The van der Waals surface area contributed by atoms with Crippen LogP contribution in [0.2, 0.25) is 0 Å². The topological polar surface area (TPSA) is 111 Å². The van der Waals surface area contributed by atoms with E-state index in [1.807, 2.05) is 0 Å². The SMILES string of the molecule is CCOP(=O)([O-])OCOC(N)=O. The number of ether oxygens (including phenoxy) is 1.